The second-order valence-electron chi connectivity index (χ2n) is 13.1. The van der Waals surface area contributed by atoms with Crippen LogP contribution in [0.2, 0.25) is 15.1 Å². The van der Waals surface area contributed by atoms with Gasteiger partial charge in [0.25, 0.3) is 0 Å². The van der Waals surface area contributed by atoms with E-state index in [0.29, 0.717) is 0 Å². The zero-order valence-electron chi connectivity index (χ0n) is 28.1. The molecular weight excluding hydrogens is 675 g/mol. The minimum Gasteiger partial charge on any atom is -0.0843 e. The lowest BCUT2D eigenvalue weighted by atomic mass is 10.1. The normalized spacial score (nSPS) is 14.9. The molecule has 1 atom stereocenters. The van der Waals surface area contributed by atoms with Gasteiger partial charge in [0.05, 0.1) is 0 Å². The molecule has 1 aliphatic rings. The Balaban J connectivity index is 1.58. The van der Waals surface area contributed by atoms with Gasteiger partial charge in [-0.25, -0.2) is 0 Å². The fraction of sp³-hybridized carbons (Fsp3) is 0.111. The van der Waals surface area contributed by atoms with E-state index < -0.39 is 8.07 Å². The van der Waals surface area contributed by atoms with E-state index in [1.165, 1.54) is 54.2 Å². The fourth-order valence-corrected chi connectivity index (χ4v) is 13.7. The molecule has 1 unspecified atom stereocenters. The number of rotatable bonds is 7. The molecular formula is C45H37Cl3Si. The molecule has 0 saturated carbocycles. The minimum absolute atomic E-state index is 0.282. The molecule has 0 amide bonds. The predicted octanol–water partition coefficient (Wildman–Crippen LogP) is 12.0. The standard InChI is InChI=1S/C45H37Cl3Si/c1-29-30(2)32(4)45(31(29)3)49(42-11-5-8-36(26-42)33-14-20-39(46)21-15-33,43-12-6-9-37(27-43)34-16-22-40(47)23-17-34)44-13-7-10-38(28-44)35-18-24-41(48)25-19-35/h5-28,31H,1-4H3. The maximum absolute atomic E-state index is 6.34. The number of hydrogen-bond donors (Lipinski definition) is 0. The number of halogens is 3. The van der Waals surface area contributed by atoms with E-state index in [4.69, 9.17) is 34.8 Å². The molecule has 0 N–H and O–H groups in total. The Morgan fingerprint density at radius 1 is 0.408 bits per heavy atom. The van der Waals surface area contributed by atoms with Crippen LogP contribution in [0, 0.1) is 5.92 Å². The SMILES string of the molecule is CC1=C(C)C(C)C([Si](c2cccc(-c3ccc(Cl)cc3)c2)(c2cccc(-c3ccc(Cl)cc3)c2)c2cccc(-c3ccc(Cl)cc3)c2)=C1C. The van der Waals surface area contributed by atoms with E-state index in [1.807, 2.05) is 36.4 Å². The Morgan fingerprint density at radius 3 is 1.02 bits per heavy atom. The summed E-state index contributed by atoms with van der Waals surface area (Å²) < 4.78 is 0. The molecule has 0 aromatic heterocycles. The van der Waals surface area contributed by atoms with Gasteiger partial charge in [0.2, 0.25) is 0 Å². The van der Waals surface area contributed by atoms with Crippen LogP contribution in [0.4, 0.5) is 0 Å². The molecule has 49 heavy (non-hydrogen) atoms. The lowest BCUT2D eigenvalue weighted by Crippen LogP contribution is -2.69. The van der Waals surface area contributed by atoms with Crippen molar-refractivity contribution in [3.05, 3.63) is 183 Å². The van der Waals surface area contributed by atoms with Crippen LogP contribution < -0.4 is 15.6 Å². The molecule has 1 aliphatic carbocycles. The van der Waals surface area contributed by atoms with Gasteiger partial charge in [-0.15, -0.1) is 0 Å². The molecule has 0 heterocycles. The maximum atomic E-state index is 6.34. The van der Waals surface area contributed by atoms with E-state index >= 15 is 0 Å². The molecule has 242 valence electrons. The summed E-state index contributed by atoms with van der Waals surface area (Å²) in [5, 5.41) is 7.80. The smallest absolute Gasteiger partial charge is 0.0843 e. The summed E-state index contributed by atoms with van der Waals surface area (Å²) in [5.41, 5.74) is 11.2. The van der Waals surface area contributed by atoms with E-state index in [-0.39, 0.29) is 5.92 Å². The quantitative estimate of drug-likeness (QED) is 0.114. The third kappa shape index (κ3) is 6.15. The van der Waals surface area contributed by atoms with Crippen molar-refractivity contribution >= 4 is 58.4 Å². The van der Waals surface area contributed by atoms with Gasteiger partial charge in [0, 0.05) is 15.1 Å². The van der Waals surface area contributed by atoms with Crippen molar-refractivity contribution in [2.24, 2.45) is 5.92 Å². The zero-order chi connectivity index (χ0) is 34.3. The van der Waals surface area contributed by atoms with Crippen molar-refractivity contribution in [2.45, 2.75) is 27.7 Å². The summed E-state index contributed by atoms with van der Waals surface area (Å²) in [6.45, 7) is 9.36. The van der Waals surface area contributed by atoms with Gasteiger partial charge in [-0.05, 0) is 118 Å². The monoisotopic (exact) mass is 710 g/mol. The Bertz CT molecular complexity index is 2010. The summed E-state index contributed by atoms with van der Waals surface area (Å²) in [6, 6.07) is 52.3. The van der Waals surface area contributed by atoms with Crippen molar-refractivity contribution in [3.63, 3.8) is 0 Å². The summed E-state index contributed by atoms with van der Waals surface area (Å²) in [4.78, 5) is 0. The molecule has 7 rings (SSSR count). The first-order valence-corrected chi connectivity index (χ1v) is 19.8. The largest absolute Gasteiger partial charge is 0.176 e. The lowest BCUT2D eigenvalue weighted by Gasteiger charge is -2.39. The first-order valence-electron chi connectivity index (χ1n) is 16.6. The predicted molar refractivity (Wildman–Crippen MR) is 216 cm³/mol. The van der Waals surface area contributed by atoms with E-state index in [1.54, 1.807) is 0 Å². The average molecular weight is 712 g/mol. The van der Waals surface area contributed by atoms with Gasteiger partial charge >= 0.3 is 0 Å². The first kappa shape index (κ1) is 33.4. The first-order chi connectivity index (χ1) is 23.7. The molecule has 0 aliphatic heterocycles. The highest BCUT2D eigenvalue weighted by Crippen LogP contribution is 2.42. The van der Waals surface area contributed by atoms with Crippen molar-refractivity contribution in [3.8, 4) is 33.4 Å². The summed E-state index contributed by atoms with van der Waals surface area (Å²) in [5.74, 6) is 0.282. The molecule has 0 fully saturated rings. The molecule has 0 nitrogen and oxygen atoms in total. The van der Waals surface area contributed by atoms with Gasteiger partial charge < -0.3 is 0 Å². The highest BCUT2D eigenvalue weighted by Gasteiger charge is 2.48. The third-order valence-corrected chi connectivity index (χ3v) is 16.4. The molecule has 0 spiro atoms. The Hall–Kier alpha value is -4.11. The number of benzene rings is 6. The number of hydrogen-bond acceptors (Lipinski definition) is 0. The van der Waals surface area contributed by atoms with Gasteiger partial charge in [0.1, 0.15) is 0 Å². The summed E-state index contributed by atoms with van der Waals surface area (Å²) in [7, 11) is -2.97. The van der Waals surface area contributed by atoms with Crippen LogP contribution in [0.5, 0.6) is 0 Å². The summed E-state index contributed by atoms with van der Waals surface area (Å²) >= 11 is 19.0. The highest BCUT2D eigenvalue weighted by atomic mass is 35.5. The molecule has 0 saturated heterocycles. The minimum atomic E-state index is -2.97. The van der Waals surface area contributed by atoms with Crippen LogP contribution in [0.3, 0.4) is 0 Å². The fourth-order valence-electron chi connectivity index (χ4n) is 7.66. The van der Waals surface area contributed by atoms with Gasteiger partial charge in [-0.3, -0.25) is 0 Å². The van der Waals surface area contributed by atoms with Gasteiger partial charge in [-0.2, -0.15) is 0 Å². The zero-order valence-corrected chi connectivity index (χ0v) is 31.3. The second kappa shape index (κ2) is 13.7. The van der Waals surface area contributed by atoms with E-state index in [0.717, 1.165) is 31.8 Å². The Labute approximate surface area is 306 Å². The van der Waals surface area contributed by atoms with E-state index in [9.17, 15) is 0 Å². The van der Waals surface area contributed by atoms with Gasteiger partial charge in [-0.1, -0.05) is 167 Å². The van der Waals surface area contributed by atoms with Crippen molar-refractivity contribution in [2.75, 3.05) is 0 Å². The second-order valence-corrected chi connectivity index (χ2v) is 18.2. The van der Waals surface area contributed by atoms with Crippen molar-refractivity contribution in [1.82, 2.24) is 0 Å². The third-order valence-electron chi connectivity index (χ3n) is 10.5. The maximum Gasteiger partial charge on any atom is 0.176 e. The number of allylic oxidation sites excluding steroid dienone is 4. The Kier molecular flexibility index (Phi) is 9.30. The van der Waals surface area contributed by atoms with Crippen LogP contribution in [0.1, 0.15) is 27.7 Å². The van der Waals surface area contributed by atoms with Crippen molar-refractivity contribution < 1.29 is 0 Å². The Morgan fingerprint density at radius 2 is 0.735 bits per heavy atom. The van der Waals surface area contributed by atoms with Crippen LogP contribution >= 0.6 is 34.8 Å². The van der Waals surface area contributed by atoms with Crippen LogP contribution in [0.15, 0.2) is 168 Å². The van der Waals surface area contributed by atoms with Gasteiger partial charge in [0.15, 0.2) is 8.07 Å². The molecule has 6 aromatic carbocycles. The highest BCUT2D eigenvalue weighted by molar-refractivity contribution is 7.16. The lowest BCUT2D eigenvalue weighted by molar-refractivity contribution is 0.851. The van der Waals surface area contributed by atoms with E-state index in [2.05, 4.69) is 137 Å². The van der Waals surface area contributed by atoms with Crippen molar-refractivity contribution in [1.29, 1.82) is 0 Å². The molecule has 0 bridgehead atoms. The van der Waals surface area contributed by atoms with Crippen LogP contribution in [-0.4, -0.2) is 8.07 Å². The molecule has 4 heteroatoms. The molecule has 0 radical (unpaired) electrons. The van der Waals surface area contributed by atoms with Crippen LogP contribution in [-0.2, 0) is 0 Å². The summed E-state index contributed by atoms with van der Waals surface area (Å²) in [6.07, 6.45) is 0. The topological polar surface area (TPSA) is 0 Å². The molecule has 6 aromatic rings. The average Bonchev–Trinajstić information content (AvgIpc) is 3.32. The van der Waals surface area contributed by atoms with Crippen LogP contribution in [0.25, 0.3) is 33.4 Å².